The van der Waals surface area contributed by atoms with Crippen molar-refractivity contribution in [1.82, 2.24) is 10.2 Å². The molecule has 0 unspecified atom stereocenters. The van der Waals surface area contributed by atoms with Crippen molar-refractivity contribution >= 4 is 5.78 Å². The number of carbonyl (C=O) groups excluding carboxylic acids is 1. The number of aryl methyl sites for hydroxylation is 2. The van der Waals surface area contributed by atoms with E-state index in [-0.39, 0.29) is 5.56 Å². The number of alkyl halides is 3. The van der Waals surface area contributed by atoms with E-state index in [4.69, 9.17) is 0 Å². The number of ether oxygens (including phenoxy) is 1. The van der Waals surface area contributed by atoms with Gasteiger partial charge in [-0.3, -0.25) is 4.79 Å². The first kappa shape index (κ1) is 15.0. The number of ketones is 1. The molecule has 0 aliphatic heterocycles. The largest absolute Gasteiger partial charge is 0.573 e. The molecule has 0 aliphatic carbocycles. The molecular formula is C14H11F3N2O2. The van der Waals surface area contributed by atoms with Crippen LogP contribution in [0.2, 0.25) is 0 Å². The first-order valence-corrected chi connectivity index (χ1v) is 5.98. The van der Waals surface area contributed by atoms with Crippen LogP contribution >= 0.6 is 0 Å². The third kappa shape index (κ3) is 3.77. The Morgan fingerprint density at radius 3 is 2.52 bits per heavy atom. The summed E-state index contributed by atoms with van der Waals surface area (Å²) in [5.74, 6) is -0.872. The van der Waals surface area contributed by atoms with Crippen LogP contribution in [0.1, 0.15) is 27.3 Å². The highest BCUT2D eigenvalue weighted by atomic mass is 19.4. The summed E-state index contributed by atoms with van der Waals surface area (Å²) in [4.78, 5) is 12.3. The fraction of sp³-hybridized carbons (Fsp3) is 0.214. The Morgan fingerprint density at radius 2 is 1.86 bits per heavy atom. The minimum atomic E-state index is -4.80. The van der Waals surface area contributed by atoms with E-state index in [1.54, 1.807) is 19.9 Å². The Kier molecular flexibility index (Phi) is 3.93. The lowest BCUT2D eigenvalue weighted by Crippen LogP contribution is -2.17. The van der Waals surface area contributed by atoms with Gasteiger partial charge in [0.15, 0.2) is 5.78 Å². The van der Waals surface area contributed by atoms with Crippen LogP contribution in [0.3, 0.4) is 0 Å². The molecular weight excluding hydrogens is 285 g/mol. The number of hydrogen-bond acceptors (Lipinski definition) is 4. The summed E-state index contributed by atoms with van der Waals surface area (Å²) >= 11 is 0. The van der Waals surface area contributed by atoms with Crippen molar-refractivity contribution in [3.05, 3.63) is 52.8 Å². The summed E-state index contributed by atoms with van der Waals surface area (Å²) in [7, 11) is 0. The lowest BCUT2D eigenvalue weighted by molar-refractivity contribution is -0.274. The molecule has 0 bridgehead atoms. The van der Waals surface area contributed by atoms with Gasteiger partial charge in [-0.05, 0) is 32.0 Å². The molecule has 2 aromatic rings. The highest BCUT2D eigenvalue weighted by Crippen LogP contribution is 2.24. The Labute approximate surface area is 118 Å². The molecule has 1 heterocycles. The van der Waals surface area contributed by atoms with Crippen LogP contribution in [0.15, 0.2) is 30.3 Å². The van der Waals surface area contributed by atoms with Crippen LogP contribution in [0.25, 0.3) is 0 Å². The second-order valence-corrected chi connectivity index (χ2v) is 4.39. The van der Waals surface area contributed by atoms with Gasteiger partial charge in [-0.1, -0.05) is 12.1 Å². The van der Waals surface area contributed by atoms with Crippen molar-refractivity contribution in [1.29, 1.82) is 0 Å². The molecule has 110 valence electrons. The first-order chi connectivity index (χ1) is 9.76. The molecule has 0 saturated carbocycles. The number of carbonyl (C=O) groups is 1. The van der Waals surface area contributed by atoms with Crippen molar-refractivity contribution in [3.8, 4) is 5.75 Å². The molecule has 7 heteroatoms. The Hall–Kier alpha value is -2.44. The molecule has 0 radical (unpaired) electrons. The zero-order valence-corrected chi connectivity index (χ0v) is 11.2. The van der Waals surface area contributed by atoms with Gasteiger partial charge in [0.1, 0.15) is 5.75 Å². The van der Waals surface area contributed by atoms with Gasteiger partial charge in [-0.15, -0.1) is 13.2 Å². The van der Waals surface area contributed by atoms with Gasteiger partial charge in [0.2, 0.25) is 0 Å². The average Bonchev–Trinajstić information content (AvgIpc) is 2.39. The molecule has 0 fully saturated rings. The normalized spacial score (nSPS) is 11.3. The lowest BCUT2D eigenvalue weighted by Gasteiger charge is -2.10. The molecule has 0 N–H and O–H groups in total. The topological polar surface area (TPSA) is 52.1 Å². The monoisotopic (exact) mass is 296 g/mol. The predicted octanol–water partition coefficient (Wildman–Crippen LogP) is 3.22. The van der Waals surface area contributed by atoms with E-state index < -0.39 is 17.9 Å². The van der Waals surface area contributed by atoms with Crippen LogP contribution in [0.4, 0.5) is 13.2 Å². The summed E-state index contributed by atoms with van der Waals surface area (Å²) in [6.07, 6.45) is -4.80. The summed E-state index contributed by atoms with van der Waals surface area (Å²) in [6.45, 7) is 3.28. The maximum Gasteiger partial charge on any atom is 0.573 e. The SMILES string of the molecule is Cc1cc(C(=O)c2cccc(OC(F)(F)F)c2)c(C)nn1. The summed E-state index contributed by atoms with van der Waals surface area (Å²) < 4.78 is 40.4. The lowest BCUT2D eigenvalue weighted by atomic mass is 10.0. The fourth-order valence-corrected chi connectivity index (χ4v) is 1.77. The molecule has 0 aliphatic rings. The van der Waals surface area contributed by atoms with E-state index in [0.717, 1.165) is 12.1 Å². The molecule has 1 aromatic carbocycles. The Morgan fingerprint density at radius 1 is 1.14 bits per heavy atom. The van der Waals surface area contributed by atoms with Crippen LogP contribution in [0.5, 0.6) is 5.75 Å². The smallest absolute Gasteiger partial charge is 0.406 e. The van der Waals surface area contributed by atoms with Gasteiger partial charge in [0.05, 0.1) is 11.4 Å². The number of benzene rings is 1. The van der Waals surface area contributed by atoms with E-state index in [9.17, 15) is 18.0 Å². The highest BCUT2D eigenvalue weighted by molar-refractivity contribution is 6.09. The quantitative estimate of drug-likeness (QED) is 0.816. The van der Waals surface area contributed by atoms with Crippen LogP contribution in [-0.4, -0.2) is 22.3 Å². The van der Waals surface area contributed by atoms with Crippen LogP contribution < -0.4 is 4.74 Å². The fourth-order valence-electron chi connectivity index (χ4n) is 1.77. The molecule has 0 spiro atoms. The van der Waals surface area contributed by atoms with Crippen LogP contribution in [0, 0.1) is 13.8 Å². The second-order valence-electron chi connectivity index (χ2n) is 4.39. The number of halogens is 3. The van der Waals surface area contributed by atoms with Crippen molar-refractivity contribution in [2.24, 2.45) is 0 Å². The van der Waals surface area contributed by atoms with E-state index in [1.807, 2.05) is 0 Å². The maximum atomic E-state index is 12.3. The number of aromatic nitrogens is 2. The van der Waals surface area contributed by atoms with E-state index in [0.29, 0.717) is 17.0 Å². The molecule has 0 atom stereocenters. The summed E-state index contributed by atoms with van der Waals surface area (Å²) in [5, 5.41) is 7.63. The van der Waals surface area contributed by atoms with E-state index in [1.165, 1.54) is 12.1 Å². The van der Waals surface area contributed by atoms with Gasteiger partial charge in [-0.2, -0.15) is 10.2 Å². The molecule has 0 amide bonds. The third-order valence-electron chi connectivity index (χ3n) is 2.68. The Bertz CT molecular complexity index is 684. The average molecular weight is 296 g/mol. The zero-order chi connectivity index (χ0) is 15.6. The predicted molar refractivity (Wildman–Crippen MR) is 68.1 cm³/mol. The number of rotatable bonds is 3. The van der Waals surface area contributed by atoms with Gasteiger partial charge < -0.3 is 4.74 Å². The van der Waals surface area contributed by atoms with E-state index >= 15 is 0 Å². The van der Waals surface area contributed by atoms with Gasteiger partial charge >= 0.3 is 6.36 Å². The second kappa shape index (κ2) is 5.51. The zero-order valence-electron chi connectivity index (χ0n) is 11.2. The standard InChI is InChI=1S/C14H11F3N2O2/c1-8-6-12(9(2)19-18-8)13(20)10-4-3-5-11(7-10)21-14(15,16)17/h3-7H,1-2H3. The van der Waals surface area contributed by atoms with Crippen molar-refractivity contribution in [2.75, 3.05) is 0 Å². The van der Waals surface area contributed by atoms with Gasteiger partial charge in [0.25, 0.3) is 0 Å². The van der Waals surface area contributed by atoms with Crippen LogP contribution in [-0.2, 0) is 0 Å². The minimum absolute atomic E-state index is 0.0900. The third-order valence-corrected chi connectivity index (χ3v) is 2.68. The molecule has 4 nitrogen and oxygen atoms in total. The van der Waals surface area contributed by atoms with E-state index in [2.05, 4.69) is 14.9 Å². The van der Waals surface area contributed by atoms with Crippen molar-refractivity contribution in [2.45, 2.75) is 20.2 Å². The molecule has 0 saturated heterocycles. The maximum absolute atomic E-state index is 12.3. The Balaban J connectivity index is 2.35. The number of hydrogen-bond donors (Lipinski definition) is 0. The van der Waals surface area contributed by atoms with Gasteiger partial charge in [-0.25, -0.2) is 0 Å². The minimum Gasteiger partial charge on any atom is -0.406 e. The van der Waals surface area contributed by atoms with Crippen molar-refractivity contribution in [3.63, 3.8) is 0 Å². The molecule has 21 heavy (non-hydrogen) atoms. The molecule has 1 aromatic heterocycles. The van der Waals surface area contributed by atoms with Gasteiger partial charge in [0, 0.05) is 11.1 Å². The first-order valence-electron chi connectivity index (χ1n) is 5.98. The number of nitrogens with zero attached hydrogens (tertiary/aromatic N) is 2. The highest BCUT2D eigenvalue weighted by Gasteiger charge is 2.31. The summed E-state index contributed by atoms with van der Waals surface area (Å²) in [5.41, 5.74) is 1.35. The van der Waals surface area contributed by atoms with Crippen molar-refractivity contribution < 1.29 is 22.7 Å². The molecule has 2 rings (SSSR count). The summed E-state index contributed by atoms with van der Waals surface area (Å²) in [6, 6.07) is 6.46.